The van der Waals surface area contributed by atoms with Crippen molar-refractivity contribution in [3.05, 3.63) is 217 Å². The Balaban J connectivity index is 1.04. The minimum atomic E-state index is 0.138. The molecule has 0 N–H and O–H groups in total. The summed E-state index contributed by atoms with van der Waals surface area (Å²) in [7, 11) is 0. The van der Waals surface area contributed by atoms with Crippen LogP contribution in [-0.2, 0) is 5.41 Å². The average molecular weight is 781 g/mol. The van der Waals surface area contributed by atoms with Gasteiger partial charge in [-0.1, -0.05) is 164 Å². The van der Waals surface area contributed by atoms with Crippen molar-refractivity contribution in [1.29, 1.82) is 0 Å². The van der Waals surface area contributed by atoms with Gasteiger partial charge < -0.3 is 9.47 Å². The van der Waals surface area contributed by atoms with Gasteiger partial charge in [0.1, 0.15) is 0 Å². The van der Waals surface area contributed by atoms with Crippen LogP contribution in [0.25, 0.3) is 71.6 Å². The lowest BCUT2D eigenvalue weighted by molar-refractivity contribution is 0.327. The first-order valence-corrected chi connectivity index (χ1v) is 22.0. The van der Waals surface area contributed by atoms with E-state index in [2.05, 4.69) is 216 Å². The van der Waals surface area contributed by atoms with Gasteiger partial charge in [-0.15, -0.1) is 0 Å². The molecule has 3 aliphatic carbocycles. The van der Waals surface area contributed by atoms with Gasteiger partial charge in [0.25, 0.3) is 0 Å². The molecule has 2 heteroatoms. The smallest absolute Gasteiger partial charge is 0.0561 e. The number of benzene rings is 9. The molecule has 0 aliphatic heterocycles. The van der Waals surface area contributed by atoms with Crippen LogP contribution in [0.5, 0.6) is 0 Å². The molecule has 10 aromatic rings. The first-order valence-electron chi connectivity index (χ1n) is 22.0. The molecule has 1 spiro atoms. The molecule has 0 amide bonds. The van der Waals surface area contributed by atoms with Crippen molar-refractivity contribution in [2.45, 2.75) is 31.1 Å². The summed E-state index contributed by atoms with van der Waals surface area (Å²) in [5.74, 6) is 1.57. The van der Waals surface area contributed by atoms with Crippen molar-refractivity contribution in [3.8, 4) is 39.1 Å². The number of hydrogen-bond donors (Lipinski definition) is 0. The Morgan fingerprint density at radius 1 is 0.426 bits per heavy atom. The minimum Gasteiger partial charge on any atom is -0.309 e. The highest BCUT2D eigenvalue weighted by molar-refractivity contribution is 6.12. The summed E-state index contributed by atoms with van der Waals surface area (Å²) in [4.78, 5) is 2.50. The van der Waals surface area contributed by atoms with Crippen LogP contribution < -0.4 is 4.90 Å². The second-order valence-corrected chi connectivity index (χ2v) is 17.6. The predicted molar refractivity (Wildman–Crippen MR) is 256 cm³/mol. The van der Waals surface area contributed by atoms with E-state index in [1.54, 1.807) is 11.1 Å². The Labute approximate surface area is 357 Å². The van der Waals surface area contributed by atoms with E-state index >= 15 is 0 Å². The van der Waals surface area contributed by atoms with Crippen LogP contribution in [0.15, 0.2) is 206 Å². The predicted octanol–water partition coefficient (Wildman–Crippen LogP) is 15.8. The summed E-state index contributed by atoms with van der Waals surface area (Å²) in [6, 6.07) is 77.0. The van der Waals surface area contributed by atoms with Crippen molar-refractivity contribution in [1.82, 2.24) is 4.57 Å². The fourth-order valence-corrected chi connectivity index (χ4v) is 12.2. The Bertz CT molecular complexity index is 3340. The number of rotatable bonds is 6. The van der Waals surface area contributed by atoms with Crippen molar-refractivity contribution in [2.24, 2.45) is 11.8 Å². The van der Waals surface area contributed by atoms with Crippen molar-refractivity contribution >= 4 is 49.6 Å². The van der Waals surface area contributed by atoms with E-state index in [1.807, 2.05) is 0 Å². The summed E-state index contributed by atoms with van der Waals surface area (Å²) in [6.07, 6.45) is 5.39. The van der Waals surface area contributed by atoms with E-state index in [0.717, 1.165) is 34.6 Å². The lowest BCUT2D eigenvalue weighted by atomic mass is 9.66. The molecule has 3 atom stereocenters. The summed E-state index contributed by atoms with van der Waals surface area (Å²) >= 11 is 0. The molecular weight excluding hydrogens is 737 g/mol. The normalized spacial score (nSPS) is 18.6. The standard InChI is InChI=1S/C59H44N2/c1-3-15-40(16-4-1)46-19-10-13-25-55(46)61(44-30-32-52-51-23-11-14-26-56(51)60(58(52)37-44)43-17-5-2-6-18-43)57-34-33-45(47-20-7-8-22-50(47)57)41-28-31-49-48-21-9-12-24-53(48)59(54(49)36-41)38-39-27-29-42(59)35-39/h1-26,28,30-34,36-37,39,42H,27,29,35,38H2. The molecule has 3 aliphatic rings. The van der Waals surface area contributed by atoms with Gasteiger partial charge in [0.15, 0.2) is 0 Å². The Morgan fingerprint density at radius 2 is 1.10 bits per heavy atom. The molecule has 2 saturated carbocycles. The summed E-state index contributed by atoms with van der Waals surface area (Å²) in [5.41, 5.74) is 18.1. The first kappa shape index (κ1) is 34.7. The largest absolute Gasteiger partial charge is 0.309 e. The zero-order valence-electron chi connectivity index (χ0n) is 34.0. The lowest BCUT2D eigenvalue weighted by Crippen LogP contribution is -2.31. The molecule has 1 heterocycles. The molecule has 9 aromatic carbocycles. The third kappa shape index (κ3) is 5.09. The van der Waals surface area contributed by atoms with Crippen molar-refractivity contribution in [2.75, 3.05) is 4.90 Å². The van der Waals surface area contributed by atoms with Crippen LogP contribution in [0.4, 0.5) is 17.1 Å². The number of nitrogens with zero attached hydrogens (tertiary/aromatic N) is 2. The summed E-state index contributed by atoms with van der Waals surface area (Å²) in [5, 5.41) is 4.99. The van der Waals surface area contributed by atoms with Gasteiger partial charge in [-0.2, -0.15) is 0 Å². The monoisotopic (exact) mass is 780 g/mol. The second-order valence-electron chi connectivity index (χ2n) is 17.6. The van der Waals surface area contributed by atoms with Gasteiger partial charge in [-0.3, -0.25) is 0 Å². The van der Waals surface area contributed by atoms with E-state index in [9.17, 15) is 0 Å². The quantitative estimate of drug-likeness (QED) is 0.163. The van der Waals surface area contributed by atoms with Crippen LogP contribution in [0.3, 0.4) is 0 Å². The van der Waals surface area contributed by atoms with Gasteiger partial charge >= 0.3 is 0 Å². The van der Waals surface area contributed by atoms with E-state index in [4.69, 9.17) is 0 Å². The third-order valence-electron chi connectivity index (χ3n) is 14.7. The Kier molecular flexibility index (Phi) is 7.63. The first-order chi connectivity index (χ1) is 30.2. The van der Waals surface area contributed by atoms with Crippen LogP contribution >= 0.6 is 0 Å². The number of hydrogen-bond acceptors (Lipinski definition) is 1. The summed E-state index contributed by atoms with van der Waals surface area (Å²) < 4.78 is 2.42. The molecule has 2 fully saturated rings. The van der Waals surface area contributed by atoms with E-state index in [0.29, 0.717) is 0 Å². The molecule has 2 bridgehead atoms. The third-order valence-corrected chi connectivity index (χ3v) is 14.7. The van der Waals surface area contributed by atoms with Crippen LogP contribution in [0, 0.1) is 11.8 Å². The zero-order chi connectivity index (χ0) is 40.1. The van der Waals surface area contributed by atoms with Crippen LogP contribution in [0.2, 0.25) is 0 Å². The highest BCUT2D eigenvalue weighted by atomic mass is 15.1. The maximum Gasteiger partial charge on any atom is 0.0561 e. The lowest BCUT2D eigenvalue weighted by Gasteiger charge is -2.36. The molecule has 1 aromatic heterocycles. The minimum absolute atomic E-state index is 0.138. The van der Waals surface area contributed by atoms with Gasteiger partial charge in [-0.05, 0) is 124 Å². The van der Waals surface area contributed by atoms with Crippen LogP contribution in [-0.4, -0.2) is 4.57 Å². The maximum atomic E-state index is 2.59. The highest BCUT2D eigenvalue weighted by Crippen LogP contribution is 2.66. The Morgan fingerprint density at radius 3 is 1.92 bits per heavy atom. The molecule has 0 radical (unpaired) electrons. The second kappa shape index (κ2) is 13.4. The molecular formula is C59H44N2. The highest BCUT2D eigenvalue weighted by Gasteiger charge is 2.56. The van der Waals surface area contributed by atoms with Gasteiger partial charge in [-0.25, -0.2) is 0 Å². The molecule has 0 saturated heterocycles. The average Bonchev–Trinajstić information content (AvgIpc) is 4.10. The SMILES string of the molecule is c1ccc(-c2ccccc2N(c2ccc3c4ccccc4n(-c4ccccc4)c3c2)c2ccc(-c3ccc4c(c3)C3(CC5CCC3C5)c3ccccc3-4)c3ccccc23)cc1. The van der Waals surface area contributed by atoms with Crippen molar-refractivity contribution in [3.63, 3.8) is 0 Å². The number of anilines is 3. The topological polar surface area (TPSA) is 8.17 Å². The molecule has 13 rings (SSSR count). The number of aromatic nitrogens is 1. The van der Waals surface area contributed by atoms with E-state index < -0.39 is 0 Å². The van der Waals surface area contributed by atoms with Gasteiger partial charge in [0.2, 0.25) is 0 Å². The molecule has 3 unspecified atom stereocenters. The Hall–Kier alpha value is -7.16. The zero-order valence-corrected chi connectivity index (χ0v) is 34.0. The van der Waals surface area contributed by atoms with E-state index in [-0.39, 0.29) is 5.41 Å². The maximum absolute atomic E-state index is 2.59. The molecule has 2 nitrogen and oxygen atoms in total. The number of fused-ring (bicyclic) bond motifs is 12. The van der Waals surface area contributed by atoms with Crippen molar-refractivity contribution < 1.29 is 0 Å². The molecule has 290 valence electrons. The van der Waals surface area contributed by atoms with E-state index in [1.165, 1.54) is 91.6 Å². The summed E-state index contributed by atoms with van der Waals surface area (Å²) in [6.45, 7) is 0. The molecule has 61 heavy (non-hydrogen) atoms. The fraction of sp³-hybridized carbons (Fsp3) is 0.119. The van der Waals surface area contributed by atoms with Gasteiger partial charge in [0, 0.05) is 38.5 Å². The van der Waals surface area contributed by atoms with Gasteiger partial charge in [0.05, 0.1) is 22.4 Å². The van der Waals surface area contributed by atoms with Crippen LogP contribution in [0.1, 0.15) is 36.8 Å². The fourth-order valence-electron chi connectivity index (χ4n) is 12.2. The number of para-hydroxylation sites is 3.